The van der Waals surface area contributed by atoms with Crippen molar-refractivity contribution in [1.82, 2.24) is 9.55 Å². The zero-order chi connectivity index (χ0) is 13.1. The van der Waals surface area contributed by atoms with Crippen molar-refractivity contribution in [3.63, 3.8) is 0 Å². The van der Waals surface area contributed by atoms with E-state index in [0.717, 1.165) is 11.8 Å². The van der Waals surface area contributed by atoms with E-state index < -0.39 is 0 Å². The van der Waals surface area contributed by atoms with E-state index in [1.807, 2.05) is 12.5 Å². The van der Waals surface area contributed by atoms with E-state index in [0.29, 0.717) is 0 Å². The second kappa shape index (κ2) is 10.5. The number of aryl methyl sites for hydroxylation is 1. The molecule has 0 saturated heterocycles. The van der Waals surface area contributed by atoms with Gasteiger partial charge in [0.15, 0.2) is 0 Å². The molecule has 18 heavy (non-hydrogen) atoms. The maximum absolute atomic E-state index is 4.11. The monoisotopic (exact) mass is 268 g/mol. The Balaban J connectivity index is 2.23. The standard InChI is InChI=1S/C15H28N2S/c1-3-5-7-8-15(18-13-6-4-2)9-11-17-12-10-16-14-17/h10,12,14-15H,3-9,11,13H2,1-2H3. The molecule has 0 amide bonds. The molecule has 1 aromatic rings. The molecule has 0 saturated carbocycles. The summed E-state index contributed by atoms with van der Waals surface area (Å²) in [7, 11) is 0. The number of nitrogens with zero attached hydrogens (tertiary/aromatic N) is 2. The Kier molecular flexibility index (Phi) is 9.09. The highest BCUT2D eigenvalue weighted by atomic mass is 32.2. The number of rotatable bonds is 11. The minimum Gasteiger partial charge on any atom is -0.337 e. The Labute approximate surface area is 117 Å². The lowest BCUT2D eigenvalue weighted by Crippen LogP contribution is -2.08. The lowest BCUT2D eigenvalue weighted by Gasteiger charge is -2.16. The summed E-state index contributed by atoms with van der Waals surface area (Å²) in [5, 5.41) is 0.838. The molecule has 1 atom stereocenters. The highest BCUT2D eigenvalue weighted by Gasteiger charge is 2.08. The Morgan fingerprint density at radius 2 is 1.94 bits per heavy atom. The quantitative estimate of drug-likeness (QED) is 0.539. The van der Waals surface area contributed by atoms with Crippen molar-refractivity contribution in [3.05, 3.63) is 18.7 Å². The van der Waals surface area contributed by atoms with Crippen LogP contribution >= 0.6 is 11.8 Å². The molecule has 0 N–H and O–H groups in total. The van der Waals surface area contributed by atoms with Crippen LogP contribution in [0.4, 0.5) is 0 Å². The second-order valence-electron chi connectivity index (χ2n) is 4.93. The zero-order valence-corrected chi connectivity index (χ0v) is 12.8. The van der Waals surface area contributed by atoms with Crippen LogP contribution in [0.5, 0.6) is 0 Å². The largest absolute Gasteiger partial charge is 0.337 e. The molecule has 0 aliphatic heterocycles. The number of hydrogen-bond donors (Lipinski definition) is 0. The molecular formula is C15H28N2S. The van der Waals surface area contributed by atoms with E-state index in [-0.39, 0.29) is 0 Å². The van der Waals surface area contributed by atoms with Gasteiger partial charge in [0, 0.05) is 24.2 Å². The van der Waals surface area contributed by atoms with E-state index in [1.54, 1.807) is 0 Å². The summed E-state index contributed by atoms with van der Waals surface area (Å²) in [5.41, 5.74) is 0. The van der Waals surface area contributed by atoms with E-state index in [4.69, 9.17) is 0 Å². The van der Waals surface area contributed by atoms with Crippen molar-refractivity contribution in [1.29, 1.82) is 0 Å². The Bertz CT molecular complexity index is 262. The van der Waals surface area contributed by atoms with Gasteiger partial charge < -0.3 is 4.57 Å². The zero-order valence-electron chi connectivity index (χ0n) is 12.0. The highest BCUT2D eigenvalue weighted by Crippen LogP contribution is 2.23. The molecule has 1 unspecified atom stereocenters. The summed E-state index contributed by atoms with van der Waals surface area (Å²) in [6, 6.07) is 0. The van der Waals surface area contributed by atoms with Crippen molar-refractivity contribution in [3.8, 4) is 0 Å². The first-order valence-corrected chi connectivity index (χ1v) is 8.49. The molecule has 0 aliphatic carbocycles. The molecule has 0 fully saturated rings. The summed E-state index contributed by atoms with van der Waals surface area (Å²) in [6.45, 7) is 5.68. The van der Waals surface area contributed by atoms with Gasteiger partial charge in [0.25, 0.3) is 0 Å². The topological polar surface area (TPSA) is 17.8 Å². The molecule has 2 nitrogen and oxygen atoms in total. The minimum absolute atomic E-state index is 0.838. The van der Waals surface area contributed by atoms with Gasteiger partial charge in [0.2, 0.25) is 0 Å². The van der Waals surface area contributed by atoms with Crippen LogP contribution < -0.4 is 0 Å². The van der Waals surface area contributed by atoms with Gasteiger partial charge in [-0.25, -0.2) is 4.98 Å². The first kappa shape index (κ1) is 15.6. The van der Waals surface area contributed by atoms with Crippen molar-refractivity contribution < 1.29 is 0 Å². The van der Waals surface area contributed by atoms with Crippen LogP contribution in [0.25, 0.3) is 0 Å². The molecule has 0 spiro atoms. The second-order valence-corrected chi connectivity index (χ2v) is 6.34. The summed E-state index contributed by atoms with van der Waals surface area (Å²) < 4.78 is 2.20. The fourth-order valence-electron chi connectivity index (χ4n) is 2.04. The first-order valence-electron chi connectivity index (χ1n) is 7.44. The number of thioether (sulfide) groups is 1. The summed E-state index contributed by atoms with van der Waals surface area (Å²) in [4.78, 5) is 4.11. The minimum atomic E-state index is 0.838. The number of aromatic nitrogens is 2. The molecule has 1 heterocycles. The summed E-state index contributed by atoms with van der Waals surface area (Å²) in [6.07, 6.45) is 15.3. The SMILES string of the molecule is CCCCCC(CCn1ccnc1)SCCCC. The highest BCUT2D eigenvalue weighted by molar-refractivity contribution is 7.99. The lowest BCUT2D eigenvalue weighted by atomic mass is 10.1. The maximum atomic E-state index is 4.11. The third kappa shape index (κ3) is 7.10. The Morgan fingerprint density at radius 3 is 2.61 bits per heavy atom. The molecule has 0 bridgehead atoms. The average Bonchev–Trinajstić information content (AvgIpc) is 2.89. The smallest absolute Gasteiger partial charge is 0.0945 e. The maximum Gasteiger partial charge on any atom is 0.0945 e. The van der Waals surface area contributed by atoms with Crippen LogP contribution in [0.3, 0.4) is 0 Å². The molecule has 1 aromatic heterocycles. The van der Waals surface area contributed by atoms with Crippen LogP contribution in [0.1, 0.15) is 58.8 Å². The molecule has 0 aliphatic rings. The molecule has 0 radical (unpaired) electrons. The molecule has 0 aromatic carbocycles. The Hall–Kier alpha value is -0.440. The summed E-state index contributed by atoms with van der Waals surface area (Å²) >= 11 is 2.18. The average molecular weight is 268 g/mol. The van der Waals surface area contributed by atoms with Crippen molar-refractivity contribution in [2.24, 2.45) is 0 Å². The van der Waals surface area contributed by atoms with Gasteiger partial charge in [0.05, 0.1) is 6.33 Å². The van der Waals surface area contributed by atoms with Crippen molar-refractivity contribution >= 4 is 11.8 Å². The van der Waals surface area contributed by atoms with Gasteiger partial charge in [-0.1, -0.05) is 39.5 Å². The molecule has 104 valence electrons. The van der Waals surface area contributed by atoms with Gasteiger partial charge in [-0.2, -0.15) is 11.8 Å². The lowest BCUT2D eigenvalue weighted by molar-refractivity contribution is 0.568. The van der Waals surface area contributed by atoms with Crippen LogP contribution in [0.15, 0.2) is 18.7 Å². The van der Waals surface area contributed by atoms with Crippen molar-refractivity contribution in [2.75, 3.05) is 5.75 Å². The molecular weight excluding hydrogens is 240 g/mol. The van der Waals surface area contributed by atoms with Crippen LogP contribution in [0, 0.1) is 0 Å². The Morgan fingerprint density at radius 1 is 1.11 bits per heavy atom. The van der Waals surface area contributed by atoms with Gasteiger partial charge in [-0.05, 0) is 25.0 Å². The predicted octanol–water partition coefficient (Wildman–Crippen LogP) is 4.76. The van der Waals surface area contributed by atoms with Crippen LogP contribution in [-0.4, -0.2) is 20.6 Å². The first-order chi connectivity index (χ1) is 8.86. The van der Waals surface area contributed by atoms with E-state index in [1.165, 1.54) is 50.7 Å². The van der Waals surface area contributed by atoms with Crippen LogP contribution in [-0.2, 0) is 6.54 Å². The van der Waals surface area contributed by atoms with Gasteiger partial charge >= 0.3 is 0 Å². The number of unbranched alkanes of at least 4 members (excludes halogenated alkanes) is 3. The summed E-state index contributed by atoms with van der Waals surface area (Å²) in [5.74, 6) is 1.33. The predicted molar refractivity (Wildman–Crippen MR) is 82.1 cm³/mol. The van der Waals surface area contributed by atoms with E-state index >= 15 is 0 Å². The van der Waals surface area contributed by atoms with Gasteiger partial charge in [-0.15, -0.1) is 0 Å². The van der Waals surface area contributed by atoms with Gasteiger partial charge in [0.1, 0.15) is 0 Å². The van der Waals surface area contributed by atoms with Crippen LogP contribution in [0.2, 0.25) is 0 Å². The van der Waals surface area contributed by atoms with E-state index in [2.05, 4.69) is 41.4 Å². The third-order valence-corrected chi connectivity index (χ3v) is 4.72. The van der Waals surface area contributed by atoms with Crippen molar-refractivity contribution in [2.45, 2.75) is 70.6 Å². The normalized spacial score (nSPS) is 12.8. The molecule has 3 heteroatoms. The van der Waals surface area contributed by atoms with E-state index in [9.17, 15) is 0 Å². The fourth-order valence-corrected chi connectivity index (χ4v) is 3.43. The molecule has 1 rings (SSSR count). The third-order valence-electron chi connectivity index (χ3n) is 3.25. The fraction of sp³-hybridized carbons (Fsp3) is 0.800. The van der Waals surface area contributed by atoms with Gasteiger partial charge in [-0.3, -0.25) is 0 Å². The number of hydrogen-bond acceptors (Lipinski definition) is 2. The number of imidazole rings is 1.